The van der Waals surface area contributed by atoms with Gasteiger partial charge in [-0.3, -0.25) is 14.0 Å². The Labute approximate surface area is 195 Å². The zero-order valence-electron chi connectivity index (χ0n) is 18.4. The van der Waals surface area contributed by atoms with Crippen molar-refractivity contribution in [2.75, 3.05) is 23.3 Å². The van der Waals surface area contributed by atoms with Gasteiger partial charge in [-0.05, 0) is 30.5 Å². The highest BCUT2D eigenvalue weighted by atomic mass is 16.3. The number of fused-ring (bicyclic) bond motifs is 2. The molecule has 0 atom stereocenters. The number of ketones is 1. The lowest BCUT2D eigenvalue weighted by molar-refractivity contribution is -0.115. The minimum atomic E-state index is -0.302. The van der Waals surface area contributed by atoms with Crippen LogP contribution < -0.4 is 10.2 Å². The zero-order chi connectivity index (χ0) is 23.2. The molecule has 8 nitrogen and oxygen atoms in total. The second kappa shape index (κ2) is 8.07. The van der Waals surface area contributed by atoms with Crippen LogP contribution in [0.2, 0.25) is 0 Å². The molecule has 0 radical (unpaired) electrons. The molecule has 2 N–H and O–H groups in total. The van der Waals surface area contributed by atoms with E-state index in [4.69, 9.17) is 4.98 Å². The van der Waals surface area contributed by atoms with Gasteiger partial charge >= 0.3 is 0 Å². The quantitative estimate of drug-likeness (QED) is 0.461. The minimum Gasteiger partial charge on any atom is -0.393 e. The van der Waals surface area contributed by atoms with Crippen molar-refractivity contribution in [3.8, 4) is 11.3 Å². The lowest BCUT2D eigenvalue weighted by Gasteiger charge is -2.30. The van der Waals surface area contributed by atoms with Gasteiger partial charge in [-0.1, -0.05) is 36.4 Å². The number of carbonyl (C=O) groups is 2. The summed E-state index contributed by atoms with van der Waals surface area (Å²) in [4.78, 5) is 37.1. The van der Waals surface area contributed by atoms with Gasteiger partial charge in [0.05, 0.1) is 18.2 Å². The van der Waals surface area contributed by atoms with Crippen LogP contribution in [-0.2, 0) is 11.2 Å². The van der Waals surface area contributed by atoms with Crippen LogP contribution in [0.25, 0.3) is 16.9 Å². The number of benzene rings is 2. The topological polar surface area (TPSA) is 99.8 Å². The monoisotopic (exact) mass is 453 g/mol. The molecule has 1 saturated heterocycles. The Morgan fingerprint density at radius 2 is 1.88 bits per heavy atom. The number of aromatic nitrogens is 3. The summed E-state index contributed by atoms with van der Waals surface area (Å²) < 4.78 is 1.91. The van der Waals surface area contributed by atoms with E-state index in [0.717, 1.165) is 16.8 Å². The highest BCUT2D eigenvalue weighted by Crippen LogP contribution is 2.34. The van der Waals surface area contributed by atoms with E-state index < -0.39 is 0 Å². The number of carbonyl (C=O) groups excluding carboxylic acids is 2. The van der Waals surface area contributed by atoms with Gasteiger partial charge in [-0.25, -0.2) is 9.97 Å². The maximum Gasteiger partial charge on any atom is 0.228 e. The predicted octanol–water partition coefficient (Wildman–Crippen LogP) is 3.08. The van der Waals surface area contributed by atoms with Crippen LogP contribution >= 0.6 is 0 Å². The van der Waals surface area contributed by atoms with Crippen LogP contribution in [-0.4, -0.2) is 50.4 Å². The summed E-state index contributed by atoms with van der Waals surface area (Å²) in [5.41, 5.74) is 4.68. The van der Waals surface area contributed by atoms with Crippen molar-refractivity contribution >= 4 is 28.8 Å². The third-order valence-electron chi connectivity index (χ3n) is 6.54. The SMILES string of the molecule is O=C1Cc2cc(-c3c(C(=O)c4ccccc4)nc4c(N5CCC(O)CC5)nccn34)ccc2N1. The Hall–Kier alpha value is -4.04. The predicted molar refractivity (Wildman–Crippen MR) is 128 cm³/mol. The second-order valence-corrected chi connectivity index (χ2v) is 8.76. The molecule has 0 saturated carbocycles. The number of anilines is 2. The van der Waals surface area contributed by atoms with Crippen LogP contribution in [0.1, 0.15) is 34.5 Å². The molecule has 2 aromatic heterocycles. The Morgan fingerprint density at radius 1 is 1.09 bits per heavy atom. The fourth-order valence-electron chi connectivity index (χ4n) is 4.80. The van der Waals surface area contributed by atoms with Crippen molar-refractivity contribution in [1.82, 2.24) is 14.4 Å². The van der Waals surface area contributed by atoms with E-state index >= 15 is 0 Å². The van der Waals surface area contributed by atoms with Gasteiger partial charge in [0.15, 0.2) is 11.5 Å². The van der Waals surface area contributed by atoms with Crippen molar-refractivity contribution < 1.29 is 14.7 Å². The van der Waals surface area contributed by atoms with Gasteiger partial charge < -0.3 is 15.3 Å². The van der Waals surface area contributed by atoms with E-state index in [1.165, 1.54) is 0 Å². The van der Waals surface area contributed by atoms with Crippen LogP contribution in [0.3, 0.4) is 0 Å². The number of amides is 1. The molecular weight excluding hydrogens is 430 g/mol. The van der Waals surface area contributed by atoms with E-state index in [1.807, 2.05) is 47.0 Å². The normalized spacial score (nSPS) is 16.0. The van der Waals surface area contributed by atoms with Crippen LogP contribution in [0.5, 0.6) is 0 Å². The third kappa shape index (κ3) is 3.43. The Morgan fingerprint density at radius 3 is 2.68 bits per heavy atom. The summed E-state index contributed by atoms with van der Waals surface area (Å²) in [7, 11) is 0. The number of nitrogens with zero attached hydrogens (tertiary/aromatic N) is 4. The molecule has 4 aromatic rings. The summed E-state index contributed by atoms with van der Waals surface area (Å²) in [5, 5.41) is 12.8. The van der Waals surface area contributed by atoms with E-state index in [9.17, 15) is 14.7 Å². The molecule has 6 rings (SSSR count). The van der Waals surface area contributed by atoms with E-state index in [1.54, 1.807) is 18.3 Å². The molecule has 8 heteroatoms. The molecule has 1 fully saturated rings. The number of aliphatic hydroxyl groups is 1. The standard InChI is InChI=1S/C26H23N5O3/c32-19-8-11-30(12-9-19)25-26-29-22(24(34)16-4-2-1-3-5-16)23(31(26)13-10-27-25)17-6-7-20-18(14-17)15-21(33)28-20/h1-7,10,13-14,19,32H,8-9,11-12,15H2,(H,28,33). The molecular formula is C26H23N5O3. The fourth-order valence-corrected chi connectivity index (χ4v) is 4.80. The number of nitrogens with one attached hydrogen (secondary N) is 1. The highest BCUT2D eigenvalue weighted by molar-refractivity contribution is 6.12. The van der Waals surface area contributed by atoms with Crippen molar-refractivity contribution in [3.63, 3.8) is 0 Å². The van der Waals surface area contributed by atoms with Gasteiger partial charge in [-0.2, -0.15) is 0 Å². The van der Waals surface area contributed by atoms with Crippen molar-refractivity contribution in [3.05, 3.63) is 77.7 Å². The van der Waals surface area contributed by atoms with Gasteiger partial charge in [0.25, 0.3) is 0 Å². The third-order valence-corrected chi connectivity index (χ3v) is 6.54. The van der Waals surface area contributed by atoms with Crippen LogP contribution in [0, 0.1) is 0 Å². The lowest BCUT2D eigenvalue weighted by Crippen LogP contribution is -2.36. The van der Waals surface area contributed by atoms with Crippen LogP contribution in [0.15, 0.2) is 60.9 Å². The zero-order valence-corrected chi connectivity index (χ0v) is 18.4. The van der Waals surface area contributed by atoms with Crippen molar-refractivity contribution in [1.29, 1.82) is 0 Å². The van der Waals surface area contributed by atoms with Gasteiger partial charge in [0, 0.05) is 42.3 Å². The molecule has 170 valence electrons. The summed E-state index contributed by atoms with van der Waals surface area (Å²) in [5.74, 6) is 0.486. The Kier molecular flexibility index (Phi) is 4.88. The molecule has 2 aliphatic heterocycles. The number of imidazole rings is 1. The summed E-state index contributed by atoms with van der Waals surface area (Å²) in [6.07, 6.45) is 4.87. The number of piperidine rings is 1. The summed E-state index contributed by atoms with van der Waals surface area (Å²) in [6, 6.07) is 14.9. The molecule has 1 amide bonds. The second-order valence-electron chi connectivity index (χ2n) is 8.76. The van der Waals surface area contributed by atoms with Crippen LogP contribution in [0.4, 0.5) is 11.5 Å². The van der Waals surface area contributed by atoms with E-state index in [0.29, 0.717) is 60.8 Å². The average molecular weight is 454 g/mol. The first-order valence-corrected chi connectivity index (χ1v) is 11.4. The minimum absolute atomic E-state index is 0.0374. The molecule has 4 heterocycles. The Balaban J connectivity index is 1.55. The smallest absolute Gasteiger partial charge is 0.228 e. The highest BCUT2D eigenvalue weighted by Gasteiger charge is 2.27. The summed E-state index contributed by atoms with van der Waals surface area (Å²) in [6.45, 7) is 1.34. The molecule has 2 aliphatic rings. The molecule has 34 heavy (non-hydrogen) atoms. The maximum atomic E-state index is 13.6. The van der Waals surface area contributed by atoms with Gasteiger partial charge in [0.1, 0.15) is 5.69 Å². The number of rotatable bonds is 4. The Bertz CT molecular complexity index is 1420. The first kappa shape index (κ1) is 20.6. The van der Waals surface area contributed by atoms with Crippen molar-refractivity contribution in [2.24, 2.45) is 0 Å². The first-order valence-electron chi connectivity index (χ1n) is 11.4. The molecule has 0 bridgehead atoms. The number of hydrogen-bond donors (Lipinski definition) is 2. The number of hydrogen-bond acceptors (Lipinski definition) is 6. The molecule has 0 spiro atoms. The van der Waals surface area contributed by atoms with Gasteiger partial charge in [0.2, 0.25) is 11.7 Å². The van der Waals surface area contributed by atoms with E-state index in [-0.39, 0.29) is 17.8 Å². The first-order chi connectivity index (χ1) is 16.6. The van der Waals surface area contributed by atoms with Gasteiger partial charge in [-0.15, -0.1) is 0 Å². The lowest BCUT2D eigenvalue weighted by atomic mass is 10.0. The maximum absolute atomic E-state index is 13.6. The summed E-state index contributed by atoms with van der Waals surface area (Å²) >= 11 is 0. The van der Waals surface area contributed by atoms with Crippen molar-refractivity contribution in [2.45, 2.75) is 25.4 Å². The molecule has 0 unspecified atom stereocenters. The van der Waals surface area contributed by atoms with E-state index in [2.05, 4.69) is 15.2 Å². The molecule has 0 aliphatic carbocycles. The largest absolute Gasteiger partial charge is 0.393 e. The molecule has 2 aromatic carbocycles. The fraction of sp³-hybridized carbons (Fsp3) is 0.231. The number of aliphatic hydroxyl groups excluding tert-OH is 1. The average Bonchev–Trinajstić information content (AvgIpc) is 3.43.